The van der Waals surface area contributed by atoms with Crippen LogP contribution in [0, 0.1) is 17.6 Å². The summed E-state index contributed by atoms with van der Waals surface area (Å²) >= 11 is 41.7. The molecule has 15 heteroatoms. The maximum absolute atomic E-state index is 14.6. The highest BCUT2D eigenvalue weighted by Gasteiger charge is 2.67. The molecule has 0 heterocycles. The zero-order valence-corrected chi connectivity index (χ0v) is 24.8. The maximum Gasteiger partial charge on any atom is 0.257 e. The summed E-state index contributed by atoms with van der Waals surface area (Å²) in [4.78, 5) is 36.0. The van der Waals surface area contributed by atoms with Crippen LogP contribution in [0.3, 0.4) is 0 Å². The van der Waals surface area contributed by atoms with Gasteiger partial charge in [0.25, 0.3) is 11.8 Å². The molecule has 3 aromatic carbocycles. The Hall–Kier alpha value is -2.04. The summed E-state index contributed by atoms with van der Waals surface area (Å²) in [6.45, 7) is 0. The van der Waals surface area contributed by atoms with E-state index < -0.39 is 56.0 Å². The summed E-state index contributed by atoms with van der Waals surface area (Å²) < 4.78 is 27.7. The normalized spacial score (nSPS) is 17.4. The Bertz CT molecular complexity index is 1510. The fourth-order valence-corrected chi connectivity index (χ4v) is 5.36. The number of amides is 3. The van der Waals surface area contributed by atoms with Crippen LogP contribution in [0.5, 0.6) is 0 Å². The molecule has 0 radical (unpaired) electrons. The molecule has 3 N–H and O–H groups in total. The summed E-state index contributed by atoms with van der Waals surface area (Å²) in [6, 6.07) is 10.2. The number of benzene rings is 3. The van der Waals surface area contributed by atoms with Crippen molar-refractivity contribution in [2.75, 3.05) is 16.0 Å². The zero-order chi connectivity index (χ0) is 29.5. The molecular weight excluding hydrogens is 676 g/mol. The van der Waals surface area contributed by atoms with E-state index in [1.165, 1.54) is 18.2 Å². The number of carbonyl (C=O) groups excluding carboxylic acids is 3. The Balaban J connectivity index is 1.50. The van der Waals surface area contributed by atoms with Gasteiger partial charge in [-0.05, 0) is 48.0 Å². The number of halogens is 9. The minimum absolute atomic E-state index is 0.0698. The van der Waals surface area contributed by atoms with E-state index in [1.807, 2.05) is 0 Å². The van der Waals surface area contributed by atoms with E-state index in [9.17, 15) is 23.2 Å². The molecule has 6 nitrogen and oxygen atoms in total. The molecule has 1 aliphatic rings. The van der Waals surface area contributed by atoms with Crippen molar-refractivity contribution in [2.45, 2.75) is 15.1 Å². The average molecular weight is 691 g/mol. The van der Waals surface area contributed by atoms with Crippen molar-refractivity contribution in [3.63, 3.8) is 0 Å². The van der Waals surface area contributed by atoms with Crippen LogP contribution in [-0.4, -0.2) is 26.9 Å². The van der Waals surface area contributed by atoms with E-state index in [1.54, 1.807) is 18.2 Å². The molecule has 1 saturated carbocycles. The lowest BCUT2D eigenvalue weighted by Gasteiger charge is -2.13. The first-order valence-corrected chi connectivity index (χ1v) is 13.8. The number of alkyl halides is 4. The molecule has 0 saturated heterocycles. The molecule has 1 fully saturated rings. The van der Waals surface area contributed by atoms with Crippen LogP contribution >= 0.6 is 81.2 Å². The quantitative estimate of drug-likeness (QED) is 0.218. The van der Waals surface area contributed by atoms with Crippen molar-refractivity contribution >= 4 is 116 Å². The van der Waals surface area contributed by atoms with Crippen molar-refractivity contribution in [1.82, 2.24) is 0 Å². The lowest BCUT2D eigenvalue weighted by molar-refractivity contribution is -0.117. The van der Waals surface area contributed by atoms with Gasteiger partial charge < -0.3 is 16.0 Å². The Labute approximate surface area is 261 Å². The third-order valence-corrected chi connectivity index (χ3v) is 8.27. The predicted molar refractivity (Wildman–Crippen MR) is 156 cm³/mol. The van der Waals surface area contributed by atoms with Crippen LogP contribution in [0.25, 0.3) is 0 Å². The molecule has 0 bridgehead atoms. The Morgan fingerprint density at radius 1 is 0.775 bits per heavy atom. The van der Waals surface area contributed by atoms with Gasteiger partial charge in [-0.2, -0.15) is 0 Å². The highest BCUT2D eigenvalue weighted by Crippen LogP contribution is 2.65. The topological polar surface area (TPSA) is 87.3 Å². The molecule has 40 heavy (non-hydrogen) atoms. The number of nitrogens with one attached hydrogen (secondary N) is 3. The molecular formula is C25H14Cl7F2N3O3. The fraction of sp³-hybridized carbons (Fsp3) is 0.160. The van der Waals surface area contributed by atoms with E-state index in [-0.39, 0.29) is 27.0 Å². The SMILES string of the molecule is O=C(Nc1c(F)cc(NC(=O)C(Cl)Cl)cc1F)c1cc(NC(=O)[C@H]2[C@H](c3ccc(Cl)c(Cl)c3)C2(Cl)Cl)ccc1Cl. The van der Waals surface area contributed by atoms with Crippen molar-refractivity contribution in [3.05, 3.63) is 86.4 Å². The van der Waals surface area contributed by atoms with Crippen LogP contribution in [0.1, 0.15) is 21.8 Å². The summed E-state index contributed by atoms with van der Waals surface area (Å²) in [7, 11) is 0. The van der Waals surface area contributed by atoms with E-state index in [4.69, 9.17) is 81.2 Å². The molecule has 210 valence electrons. The second-order valence-corrected chi connectivity index (χ2v) is 12.3. The van der Waals surface area contributed by atoms with E-state index in [2.05, 4.69) is 16.0 Å². The Kier molecular flexibility index (Phi) is 9.32. The maximum atomic E-state index is 14.6. The van der Waals surface area contributed by atoms with E-state index in [0.29, 0.717) is 10.6 Å². The lowest BCUT2D eigenvalue weighted by atomic mass is 10.1. The summed E-state index contributed by atoms with van der Waals surface area (Å²) in [5, 5.41) is 7.35. The number of carbonyl (C=O) groups is 3. The van der Waals surface area contributed by atoms with Gasteiger partial charge in [0.15, 0.2) is 16.5 Å². The van der Waals surface area contributed by atoms with Crippen LogP contribution in [0.4, 0.5) is 25.8 Å². The second-order valence-electron chi connectivity index (χ2n) is 8.55. The third kappa shape index (κ3) is 6.54. The van der Waals surface area contributed by atoms with Gasteiger partial charge in [-0.3, -0.25) is 14.4 Å². The number of anilines is 3. The van der Waals surface area contributed by atoms with Gasteiger partial charge in [0.1, 0.15) is 10.0 Å². The lowest BCUT2D eigenvalue weighted by Crippen LogP contribution is -2.20. The van der Waals surface area contributed by atoms with Gasteiger partial charge >= 0.3 is 0 Å². The number of hydrogen-bond donors (Lipinski definition) is 3. The van der Waals surface area contributed by atoms with Gasteiger partial charge in [-0.15, -0.1) is 23.2 Å². The minimum Gasteiger partial charge on any atom is -0.326 e. The first-order chi connectivity index (χ1) is 18.7. The Morgan fingerprint density at radius 2 is 1.40 bits per heavy atom. The average Bonchev–Trinajstić information content (AvgIpc) is 3.45. The summed E-state index contributed by atoms with van der Waals surface area (Å²) in [5.41, 5.74) is -0.545. The largest absolute Gasteiger partial charge is 0.326 e. The molecule has 3 aromatic rings. The highest BCUT2D eigenvalue weighted by atomic mass is 35.5. The van der Waals surface area contributed by atoms with Gasteiger partial charge in [0.05, 0.1) is 26.5 Å². The van der Waals surface area contributed by atoms with Gasteiger partial charge in [0.2, 0.25) is 5.91 Å². The molecule has 0 unspecified atom stereocenters. The van der Waals surface area contributed by atoms with Crippen molar-refractivity contribution in [2.24, 2.45) is 5.92 Å². The van der Waals surface area contributed by atoms with Crippen LogP contribution in [-0.2, 0) is 9.59 Å². The summed E-state index contributed by atoms with van der Waals surface area (Å²) in [6.07, 6.45) is 0. The molecule has 0 aliphatic heterocycles. The predicted octanol–water partition coefficient (Wildman–Crippen LogP) is 8.45. The zero-order valence-electron chi connectivity index (χ0n) is 19.5. The van der Waals surface area contributed by atoms with Gasteiger partial charge in [-0.25, -0.2) is 8.78 Å². The first-order valence-electron chi connectivity index (χ1n) is 11.0. The highest BCUT2D eigenvalue weighted by molar-refractivity contribution is 6.54. The fourth-order valence-electron chi connectivity index (χ4n) is 3.91. The van der Waals surface area contributed by atoms with Crippen molar-refractivity contribution in [1.29, 1.82) is 0 Å². The minimum atomic E-state index is -1.47. The van der Waals surface area contributed by atoms with Crippen LogP contribution in [0.15, 0.2) is 48.5 Å². The van der Waals surface area contributed by atoms with Gasteiger partial charge in [-0.1, -0.05) is 64.1 Å². The molecule has 4 rings (SSSR count). The Morgan fingerprint density at radius 3 is 2.00 bits per heavy atom. The molecule has 2 atom stereocenters. The molecule has 1 aliphatic carbocycles. The van der Waals surface area contributed by atoms with Crippen molar-refractivity contribution in [3.8, 4) is 0 Å². The molecule has 0 aromatic heterocycles. The van der Waals surface area contributed by atoms with Gasteiger partial charge in [0, 0.05) is 17.3 Å². The monoisotopic (exact) mass is 687 g/mol. The van der Waals surface area contributed by atoms with Crippen molar-refractivity contribution < 1.29 is 23.2 Å². The van der Waals surface area contributed by atoms with Crippen LogP contribution < -0.4 is 16.0 Å². The first kappa shape index (κ1) is 30.9. The summed E-state index contributed by atoms with van der Waals surface area (Å²) in [5.74, 6) is -6.29. The number of hydrogen-bond acceptors (Lipinski definition) is 3. The standard InChI is InChI=1S/C25H14Cl7F2N3O3/c26-13-4-2-10(35-23(39)19-18(25(19,31)32)9-1-3-14(27)15(28)5-9)6-12(13)22(38)37-20-16(33)7-11(8-17(20)34)36-24(40)21(29)30/h1-8,18-19,21H,(H,35,39)(H,36,40)(H,37,38)/t18-,19+/m0/s1. The smallest absolute Gasteiger partial charge is 0.257 e. The van der Waals surface area contributed by atoms with E-state index >= 15 is 0 Å². The van der Waals surface area contributed by atoms with E-state index in [0.717, 1.165) is 12.1 Å². The number of rotatable bonds is 7. The second kappa shape index (κ2) is 12.1. The van der Waals surface area contributed by atoms with Crippen LogP contribution in [0.2, 0.25) is 15.1 Å². The third-order valence-electron chi connectivity index (χ3n) is 5.86. The molecule has 0 spiro atoms. The molecule has 3 amide bonds.